The van der Waals surface area contributed by atoms with Crippen molar-refractivity contribution >= 4 is 51.4 Å². The van der Waals surface area contributed by atoms with Crippen LogP contribution >= 0.6 is 11.8 Å². The molecular weight excluding hydrogens is 474 g/mol. The zero-order chi connectivity index (χ0) is 25.7. The van der Waals surface area contributed by atoms with Crippen LogP contribution < -0.4 is 10.6 Å². The fraction of sp³-hybridized carbons (Fsp3) is 0.143. The molecule has 0 aliphatic rings. The number of hydrogen-bond acceptors (Lipinski definition) is 5. The molecule has 2 N–H and O–H groups in total. The van der Waals surface area contributed by atoms with E-state index < -0.39 is 10.2 Å². The number of nitro benzene ring substituents is 1. The predicted molar refractivity (Wildman–Crippen MR) is 145 cm³/mol. The molecule has 4 aromatic carbocycles. The summed E-state index contributed by atoms with van der Waals surface area (Å²) in [4.78, 5) is 37.2. The molecule has 0 bridgehead atoms. The highest BCUT2D eigenvalue weighted by molar-refractivity contribution is 8.00. The van der Waals surface area contributed by atoms with Gasteiger partial charge in [-0.3, -0.25) is 19.7 Å². The molecule has 36 heavy (non-hydrogen) atoms. The normalized spacial score (nSPS) is 11.6. The van der Waals surface area contributed by atoms with Gasteiger partial charge in [0.25, 0.3) is 11.6 Å². The van der Waals surface area contributed by atoms with Gasteiger partial charge in [-0.1, -0.05) is 49.4 Å². The molecule has 0 aromatic heterocycles. The summed E-state index contributed by atoms with van der Waals surface area (Å²) in [6, 6.07) is 25.2. The Kier molecular flexibility index (Phi) is 7.65. The van der Waals surface area contributed by atoms with Crippen molar-refractivity contribution in [1.29, 1.82) is 0 Å². The van der Waals surface area contributed by atoms with Crippen molar-refractivity contribution in [1.82, 2.24) is 0 Å². The fourth-order valence-corrected chi connectivity index (χ4v) is 4.75. The van der Waals surface area contributed by atoms with E-state index in [1.165, 1.54) is 23.9 Å². The SMILES string of the molecule is CCC(Sc1cccc(NC(=O)c2ccc3ccccc3c2)c1)C(=O)Nc1cc([N+](=O)[O-])ccc1C. The van der Waals surface area contributed by atoms with Crippen LogP contribution in [0.3, 0.4) is 0 Å². The highest BCUT2D eigenvalue weighted by Gasteiger charge is 2.20. The standard InChI is InChI=1S/C28H25N3O4S/c1-3-26(28(33)30-25-17-23(31(34)35)14-11-18(25)2)36-24-10-6-9-22(16-24)29-27(32)21-13-12-19-7-4-5-8-20(19)15-21/h4-17,26H,3H2,1-2H3,(H,29,32)(H,30,33). The second kappa shape index (κ2) is 11.0. The Labute approximate surface area is 213 Å². The number of nitrogens with zero attached hydrogens (tertiary/aromatic N) is 1. The second-order valence-electron chi connectivity index (χ2n) is 8.30. The van der Waals surface area contributed by atoms with Gasteiger partial charge in [-0.05, 0) is 60.0 Å². The van der Waals surface area contributed by atoms with Crippen LogP contribution in [0.4, 0.5) is 17.1 Å². The Morgan fingerprint density at radius 3 is 2.44 bits per heavy atom. The number of carbonyl (C=O) groups excluding carboxylic acids is 2. The molecule has 182 valence electrons. The quantitative estimate of drug-likeness (QED) is 0.157. The summed E-state index contributed by atoms with van der Waals surface area (Å²) in [5, 5.41) is 18.5. The molecule has 4 rings (SSSR count). The summed E-state index contributed by atoms with van der Waals surface area (Å²) in [5.41, 5.74) is 2.27. The first-order valence-electron chi connectivity index (χ1n) is 11.5. The maximum absolute atomic E-state index is 13.0. The van der Waals surface area contributed by atoms with Gasteiger partial charge in [0.2, 0.25) is 5.91 Å². The van der Waals surface area contributed by atoms with Crippen molar-refractivity contribution in [2.24, 2.45) is 0 Å². The minimum atomic E-state index is -0.487. The molecule has 0 radical (unpaired) electrons. The van der Waals surface area contributed by atoms with Crippen LogP contribution in [-0.4, -0.2) is 22.0 Å². The van der Waals surface area contributed by atoms with Crippen LogP contribution in [0.15, 0.2) is 89.8 Å². The summed E-state index contributed by atoms with van der Waals surface area (Å²) in [6.07, 6.45) is 0.554. The van der Waals surface area contributed by atoms with Crippen molar-refractivity contribution in [3.05, 3.63) is 106 Å². The molecule has 0 aliphatic heterocycles. The number of amides is 2. The number of anilines is 2. The minimum Gasteiger partial charge on any atom is -0.325 e. The van der Waals surface area contributed by atoms with E-state index in [0.717, 1.165) is 21.2 Å². The maximum atomic E-state index is 13.0. The molecule has 0 heterocycles. The van der Waals surface area contributed by atoms with E-state index in [4.69, 9.17) is 0 Å². The number of nitrogens with one attached hydrogen (secondary N) is 2. The summed E-state index contributed by atoms with van der Waals surface area (Å²) < 4.78 is 0. The van der Waals surface area contributed by atoms with Gasteiger partial charge in [0, 0.05) is 28.3 Å². The van der Waals surface area contributed by atoms with Crippen LogP contribution in [0, 0.1) is 17.0 Å². The molecule has 8 heteroatoms. The van der Waals surface area contributed by atoms with Crippen molar-refractivity contribution in [3.63, 3.8) is 0 Å². The smallest absolute Gasteiger partial charge is 0.271 e. The lowest BCUT2D eigenvalue weighted by Crippen LogP contribution is -2.25. The number of rotatable bonds is 8. The second-order valence-corrected chi connectivity index (χ2v) is 9.58. The summed E-state index contributed by atoms with van der Waals surface area (Å²) >= 11 is 1.37. The Hall–Kier alpha value is -4.17. The van der Waals surface area contributed by atoms with Crippen molar-refractivity contribution < 1.29 is 14.5 Å². The first-order valence-corrected chi connectivity index (χ1v) is 12.3. The number of fused-ring (bicyclic) bond motifs is 1. The molecule has 0 spiro atoms. The van der Waals surface area contributed by atoms with Crippen molar-refractivity contribution in [2.75, 3.05) is 10.6 Å². The molecule has 0 aliphatic carbocycles. The van der Waals surface area contributed by atoms with Gasteiger partial charge in [-0.2, -0.15) is 0 Å². The zero-order valence-corrected chi connectivity index (χ0v) is 20.7. The van der Waals surface area contributed by atoms with E-state index in [2.05, 4.69) is 10.6 Å². The topological polar surface area (TPSA) is 101 Å². The van der Waals surface area contributed by atoms with Crippen LogP contribution in [-0.2, 0) is 4.79 Å². The lowest BCUT2D eigenvalue weighted by atomic mass is 10.1. The molecule has 0 saturated carbocycles. The highest BCUT2D eigenvalue weighted by Crippen LogP contribution is 2.30. The van der Waals surface area contributed by atoms with Gasteiger partial charge in [-0.25, -0.2) is 0 Å². The summed E-state index contributed by atoms with van der Waals surface area (Å²) in [7, 11) is 0. The van der Waals surface area contributed by atoms with Gasteiger partial charge in [0.15, 0.2) is 0 Å². The van der Waals surface area contributed by atoms with Crippen molar-refractivity contribution in [2.45, 2.75) is 30.4 Å². The average molecular weight is 500 g/mol. The first kappa shape index (κ1) is 24.9. The van der Waals surface area contributed by atoms with Gasteiger partial charge in [0.1, 0.15) is 0 Å². The third-order valence-electron chi connectivity index (χ3n) is 5.73. The molecule has 1 unspecified atom stereocenters. The Bertz CT molecular complexity index is 1450. The zero-order valence-electron chi connectivity index (χ0n) is 19.9. The monoisotopic (exact) mass is 499 g/mol. The first-order chi connectivity index (χ1) is 17.3. The molecule has 7 nitrogen and oxygen atoms in total. The Morgan fingerprint density at radius 2 is 1.69 bits per heavy atom. The van der Waals surface area contributed by atoms with E-state index >= 15 is 0 Å². The lowest BCUT2D eigenvalue weighted by molar-refractivity contribution is -0.384. The number of thioether (sulfide) groups is 1. The van der Waals surface area contributed by atoms with Crippen LogP contribution in [0.1, 0.15) is 29.3 Å². The van der Waals surface area contributed by atoms with Gasteiger partial charge in [0.05, 0.1) is 15.9 Å². The summed E-state index contributed by atoms with van der Waals surface area (Å²) in [6.45, 7) is 3.69. The molecular formula is C28H25N3O4S. The molecule has 0 fully saturated rings. The van der Waals surface area contributed by atoms with Gasteiger partial charge >= 0.3 is 0 Å². The molecule has 1 atom stereocenters. The number of carbonyl (C=O) groups is 2. The number of non-ortho nitro benzene ring substituents is 1. The van der Waals surface area contributed by atoms with E-state index in [1.807, 2.05) is 61.5 Å². The molecule has 2 amide bonds. The molecule has 0 saturated heterocycles. The van der Waals surface area contributed by atoms with Gasteiger partial charge in [-0.15, -0.1) is 11.8 Å². The number of nitro groups is 1. The van der Waals surface area contributed by atoms with Crippen LogP contribution in [0.5, 0.6) is 0 Å². The van der Waals surface area contributed by atoms with Crippen molar-refractivity contribution in [3.8, 4) is 0 Å². The van der Waals surface area contributed by atoms with E-state index in [1.54, 1.807) is 25.1 Å². The third kappa shape index (κ3) is 5.90. The van der Waals surface area contributed by atoms with E-state index in [9.17, 15) is 19.7 Å². The van der Waals surface area contributed by atoms with E-state index in [0.29, 0.717) is 23.4 Å². The van der Waals surface area contributed by atoms with Crippen LogP contribution in [0.2, 0.25) is 0 Å². The Morgan fingerprint density at radius 1 is 0.917 bits per heavy atom. The van der Waals surface area contributed by atoms with Crippen LogP contribution in [0.25, 0.3) is 10.8 Å². The number of hydrogen-bond donors (Lipinski definition) is 2. The Balaban J connectivity index is 1.45. The third-order valence-corrected chi connectivity index (χ3v) is 7.09. The summed E-state index contributed by atoms with van der Waals surface area (Å²) in [5.74, 6) is -0.453. The maximum Gasteiger partial charge on any atom is 0.271 e. The number of benzene rings is 4. The van der Waals surface area contributed by atoms with Gasteiger partial charge < -0.3 is 10.6 Å². The lowest BCUT2D eigenvalue weighted by Gasteiger charge is -2.16. The molecule has 4 aromatic rings. The minimum absolute atomic E-state index is 0.0774. The largest absolute Gasteiger partial charge is 0.325 e. The average Bonchev–Trinajstić information content (AvgIpc) is 2.88. The van der Waals surface area contributed by atoms with E-state index in [-0.39, 0.29) is 17.5 Å². The predicted octanol–water partition coefficient (Wildman–Crippen LogP) is 6.82. The highest BCUT2D eigenvalue weighted by atomic mass is 32.2. The number of aryl methyl sites for hydroxylation is 1. The fourth-order valence-electron chi connectivity index (χ4n) is 3.74.